The van der Waals surface area contributed by atoms with E-state index in [0.717, 1.165) is 32.1 Å². The van der Waals surface area contributed by atoms with Gasteiger partial charge in [-0.15, -0.1) is 0 Å². The Balaban J connectivity index is 0. The van der Waals surface area contributed by atoms with Gasteiger partial charge in [0.05, 0.1) is 6.61 Å². The molecule has 0 rings (SSSR count). The van der Waals surface area contributed by atoms with Crippen molar-refractivity contribution in [1.29, 1.82) is 0 Å². The third kappa shape index (κ3) is 20.2. The number of aliphatic hydroxyl groups is 1. The van der Waals surface area contributed by atoms with E-state index in [-0.39, 0.29) is 35.5 Å². The number of amides is 1. The van der Waals surface area contributed by atoms with Crippen molar-refractivity contribution in [3.63, 3.8) is 0 Å². The summed E-state index contributed by atoms with van der Waals surface area (Å²) in [6.45, 7) is 1.67. The number of aliphatic carboxylic acids is 1. The van der Waals surface area contributed by atoms with Crippen molar-refractivity contribution >= 4 is 41.4 Å². The van der Waals surface area contributed by atoms with Gasteiger partial charge in [-0.05, 0) is 32.1 Å². The minimum absolute atomic E-state index is 0. The Morgan fingerprint density at radius 2 is 1.33 bits per heavy atom. The van der Waals surface area contributed by atoms with Crippen molar-refractivity contribution in [3.8, 4) is 0 Å². The Morgan fingerprint density at radius 1 is 0.852 bits per heavy atom. The molecule has 1 amide bonds. The van der Waals surface area contributed by atoms with Crippen molar-refractivity contribution < 1.29 is 19.8 Å². The van der Waals surface area contributed by atoms with E-state index < -0.39 is 18.6 Å². The van der Waals surface area contributed by atoms with E-state index >= 15 is 0 Å². The maximum absolute atomic E-state index is 11.6. The first-order chi connectivity index (χ1) is 12.6. The number of carboxylic acids is 1. The number of allylic oxidation sites excluding steroid dienone is 2. The van der Waals surface area contributed by atoms with Gasteiger partial charge in [-0.25, -0.2) is 4.79 Å². The van der Waals surface area contributed by atoms with Crippen LogP contribution in [0.2, 0.25) is 0 Å². The molecule has 0 bridgehead atoms. The molecular formula is C21H40NNaO4. The van der Waals surface area contributed by atoms with E-state index in [1.54, 1.807) is 0 Å². The van der Waals surface area contributed by atoms with Gasteiger partial charge in [0.1, 0.15) is 6.04 Å². The average molecular weight is 394 g/mol. The molecule has 1 atom stereocenters. The zero-order chi connectivity index (χ0) is 19.5. The predicted octanol–water partition coefficient (Wildman–Crippen LogP) is 3.94. The number of unbranched alkanes of at least 4 members (excludes halogenated alkanes) is 11. The molecule has 0 aromatic heterocycles. The minimum atomic E-state index is -1.20. The van der Waals surface area contributed by atoms with Crippen LogP contribution in [-0.2, 0) is 9.59 Å². The second-order valence-electron chi connectivity index (χ2n) is 6.98. The van der Waals surface area contributed by atoms with Crippen LogP contribution in [0.15, 0.2) is 12.2 Å². The molecule has 0 aromatic carbocycles. The Morgan fingerprint density at radius 3 is 1.81 bits per heavy atom. The normalized spacial score (nSPS) is 11.9. The van der Waals surface area contributed by atoms with Crippen LogP contribution in [0.1, 0.15) is 96.8 Å². The topological polar surface area (TPSA) is 86.6 Å². The van der Waals surface area contributed by atoms with Crippen LogP contribution in [0.4, 0.5) is 0 Å². The first-order valence-electron chi connectivity index (χ1n) is 10.4. The standard InChI is InChI=1S/C21H39NO4.Na.H/c1-2-3-4-5-6-7-8-9-10-11-12-13-14-15-16-17-20(24)22-19(18-23)21(25)26;;/h9-10,19,23H,2-8,11-18H2,1H3,(H,22,24)(H,25,26);;/b10-9-;;. The molecule has 0 spiro atoms. The Kier molecular flexibility index (Phi) is 23.4. The summed E-state index contributed by atoms with van der Waals surface area (Å²) in [6, 6.07) is -1.19. The van der Waals surface area contributed by atoms with Crippen LogP contribution in [0.3, 0.4) is 0 Å². The SMILES string of the molecule is CCCCCCCC/C=C\CCCCCCCC(=O)NC(CO)C(=O)O.[NaH]. The van der Waals surface area contributed by atoms with Crippen molar-refractivity contribution in [3.05, 3.63) is 12.2 Å². The quantitative estimate of drug-likeness (QED) is 0.187. The molecular weight excluding hydrogens is 353 g/mol. The third-order valence-corrected chi connectivity index (χ3v) is 4.48. The molecule has 0 aliphatic rings. The average Bonchev–Trinajstić information content (AvgIpc) is 2.62. The Hall–Kier alpha value is -0.360. The van der Waals surface area contributed by atoms with Gasteiger partial charge in [0.15, 0.2) is 0 Å². The molecule has 3 N–H and O–H groups in total. The number of carbonyl (C=O) groups is 2. The van der Waals surface area contributed by atoms with Gasteiger partial charge in [-0.2, -0.15) is 0 Å². The molecule has 6 heteroatoms. The number of hydrogen-bond donors (Lipinski definition) is 3. The first-order valence-corrected chi connectivity index (χ1v) is 10.4. The van der Waals surface area contributed by atoms with Gasteiger partial charge in [0.25, 0.3) is 0 Å². The summed E-state index contributed by atoms with van der Waals surface area (Å²) >= 11 is 0. The summed E-state index contributed by atoms with van der Waals surface area (Å²) in [5.74, 6) is -1.51. The van der Waals surface area contributed by atoms with E-state index in [0.29, 0.717) is 6.42 Å². The van der Waals surface area contributed by atoms with Crippen LogP contribution in [0, 0.1) is 0 Å². The predicted molar refractivity (Wildman–Crippen MR) is 113 cm³/mol. The molecule has 27 heavy (non-hydrogen) atoms. The molecule has 0 fully saturated rings. The molecule has 0 heterocycles. The van der Waals surface area contributed by atoms with Crippen molar-refractivity contribution in [1.82, 2.24) is 5.32 Å². The van der Waals surface area contributed by atoms with Gasteiger partial charge < -0.3 is 15.5 Å². The van der Waals surface area contributed by atoms with Gasteiger partial charge in [0, 0.05) is 6.42 Å². The van der Waals surface area contributed by atoms with Gasteiger partial charge >= 0.3 is 35.5 Å². The summed E-state index contributed by atoms with van der Waals surface area (Å²) in [5, 5.41) is 19.9. The van der Waals surface area contributed by atoms with Crippen LogP contribution >= 0.6 is 0 Å². The fraction of sp³-hybridized carbons (Fsp3) is 0.810. The molecule has 0 radical (unpaired) electrons. The molecule has 0 aromatic rings. The van der Waals surface area contributed by atoms with Gasteiger partial charge in [-0.3, -0.25) is 4.79 Å². The van der Waals surface area contributed by atoms with Crippen LogP contribution < -0.4 is 5.32 Å². The van der Waals surface area contributed by atoms with Crippen LogP contribution in [0.5, 0.6) is 0 Å². The molecule has 0 aliphatic heterocycles. The fourth-order valence-electron chi connectivity index (χ4n) is 2.81. The van der Waals surface area contributed by atoms with Crippen LogP contribution in [-0.4, -0.2) is 64.3 Å². The Bertz CT molecular complexity index is 388. The summed E-state index contributed by atoms with van der Waals surface area (Å²) in [6.07, 6.45) is 20.5. The van der Waals surface area contributed by atoms with E-state index in [2.05, 4.69) is 24.4 Å². The van der Waals surface area contributed by atoms with Gasteiger partial charge in [-0.1, -0.05) is 70.4 Å². The zero-order valence-electron chi connectivity index (χ0n) is 16.5. The zero-order valence-corrected chi connectivity index (χ0v) is 16.5. The summed E-state index contributed by atoms with van der Waals surface area (Å²) < 4.78 is 0. The van der Waals surface area contributed by atoms with Crippen molar-refractivity contribution in [2.45, 2.75) is 103 Å². The second kappa shape index (κ2) is 21.9. The van der Waals surface area contributed by atoms with Gasteiger partial charge in [0.2, 0.25) is 5.91 Å². The monoisotopic (exact) mass is 393 g/mol. The van der Waals surface area contributed by atoms with E-state index in [4.69, 9.17) is 10.2 Å². The number of rotatable bonds is 18. The molecule has 154 valence electrons. The third-order valence-electron chi connectivity index (χ3n) is 4.48. The number of aliphatic hydroxyl groups excluding tert-OH is 1. The Labute approximate surface area is 187 Å². The molecule has 0 aliphatic carbocycles. The number of nitrogens with one attached hydrogen (secondary N) is 1. The van der Waals surface area contributed by atoms with Crippen molar-refractivity contribution in [2.75, 3.05) is 6.61 Å². The summed E-state index contributed by atoms with van der Waals surface area (Å²) in [4.78, 5) is 22.3. The molecule has 0 saturated carbocycles. The second-order valence-corrected chi connectivity index (χ2v) is 6.98. The summed E-state index contributed by atoms with van der Waals surface area (Å²) in [7, 11) is 0. The number of hydrogen-bond acceptors (Lipinski definition) is 3. The summed E-state index contributed by atoms with van der Waals surface area (Å²) in [5.41, 5.74) is 0. The number of carboxylic acid groups (broad SMARTS) is 1. The fourth-order valence-corrected chi connectivity index (χ4v) is 2.81. The molecule has 0 saturated heterocycles. The van der Waals surface area contributed by atoms with E-state index in [1.165, 1.54) is 51.4 Å². The number of carbonyl (C=O) groups excluding carboxylic acids is 1. The molecule has 5 nitrogen and oxygen atoms in total. The van der Waals surface area contributed by atoms with E-state index in [1.807, 2.05) is 0 Å². The molecule has 1 unspecified atom stereocenters. The van der Waals surface area contributed by atoms with Crippen LogP contribution in [0.25, 0.3) is 0 Å². The van der Waals surface area contributed by atoms with E-state index in [9.17, 15) is 9.59 Å². The first kappa shape index (κ1) is 28.8. The van der Waals surface area contributed by atoms with Crippen molar-refractivity contribution in [2.24, 2.45) is 0 Å². The maximum atomic E-state index is 11.6.